The molecular formula is C14H26N2O3S. The van der Waals surface area contributed by atoms with Crippen LogP contribution in [-0.4, -0.2) is 50.0 Å². The van der Waals surface area contributed by atoms with E-state index in [2.05, 4.69) is 10.2 Å². The molecule has 6 heteroatoms. The van der Waals surface area contributed by atoms with Crippen LogP contribution in [0, 0.1) is 0 Å². The number of hydrogen-bond donors (Lipinski definition) is 1. The molecule has 0 aromatic rings. The second kappa shape index (κ2) is 6.89. The second-order valence-electron chi connectivity index (χ2n) is 6.11. The molecule has 2 fully saturated rings. The van der Waals surface area contributed by atoms with Gasteiger partial charge in [0.1, 0.15) is 5.37 Å². The van der Waals surface area contributed by atoms with Crippen LogP contribution in [0.5, 0.6) is 0 Å². The first kappa shape index (κ1) is 15.8. The monoisotopic (exact) mass is 302 g/mol. The van der Waals surface area contributed by atoms with Crippen molar-refractivity contribution in [1.82, 2.24) is 10.2 Å². The molecule has 2 saturated heterocycles. The van der Waals surface area contributed by atoms with Crippen molar-refractivity contribution in [2.24, 2.45) is 0 Å². The molecule has 0 saturated carbocycles. The summed E-state index contributed by atoms with van der Waals surface area (Å²) in [6.45, 7) is 1.63. The molecule has 20 heavy (non-hydrogen) atoms. The highest BCUT2D eigenvalue weighted by Crippen LogP contribution is 2.22. The van der Waals surface area contributed by atoms with Crippen LogP contribution >= 0.6 is 0 Å². The number of sulfone groups is 1. The molecule has 5 nitrogen and oxygen atoms in total. The van der Waals surface area contributed by atoms with Gasteiger partial charge < -0.3 is 5.32 Å². The Balaban J connectivity index is 1.89. The Morgan fingerprint density at radius 1 is 1.20 bits per heavy atom. The largest absolute Gasteiger partial charge is 0.353 e. The van der Waals surface area contributed by atoms with Gasteiger partial charge in [-0.2, -0.15) is 0 Å². The normalized spacial score (nSPS) is 29.8. The van der Waals surface area contributed by atoms with Gasteiger partial charge in [-0.3, -0.25) is 9.69 Å². The molecule has 2 atom stereocenters. The maximum Gasteiger partial charge on any atom is 0.220 e. The van der Waals surface area contributed by atoms with E-state index in [1.807, 2.05) is 0 Å². The minimum Gasteiger partial charge on any atom is -0.353 e. The molecule has 0 spiro atoms. The van der Waals surface area contributed by atoms with E-state index in [0.717, 1.165) is 58.0 Å². The number of piperidine rings is 1. The fraction of sp³-hybridized carbons (Fsp3) is 0.929. The van der Waals surface area contributed by atoms with Gasteiger partial charge in [-0.25, -0.2) is 8.42 Å². The zero-order chi connectivity index (χ0) is 14.6. The van der Waals surface area contributed by atoms with Crippen molar-refractivity contribution in [3.63, 3.8) is 0 Å². The average molecular weight is 302 g/mol. The van der Waals surface area contributed by atoms with Gasteiger partial charge in [0.05, 0.1) is 0 Å². The van der Waals surface area contributed by atoms with Crippen LogP contribution in [-0.2, 0) is 14.6 Å². The number of nitrogens with one attached hydrogen (secondary N) is 1. The van der Waals surface area contributed by atoms with Gasteiger partial charge in [0, 0.05) is 25.3 Å². The van der Waals surface area contributed by atoms with Gasteiger partial charge in [-0.1, -0.05) is 6.42 Å². The molecule has 1 amide bonds. The van der Waals surface area contributed by atoms with Crippen LogP contribution in [0.4, 0.5) is 0 Å². The molecule has 0 bridgehead atoms. The first-order valence-corrected chi connectivity index (χ1v) is 9.64. The lowest BCUT2D eigenvalue weighted by atomic mass is 10.1. The van der Waals surface area contributed by atoms with Crippen molar-refractivity contribution in [2.45, 2.75) is 62.8 Å². The molecule has 2 unspecified atom stereocenters. The Morgan fingerprint density at radius 3 is 2.70 bits per heavy atom. The highest BCUT2D eigenvalue weighted by molar-refractivity contribution is 7.91. The molecule has 2 rings (SSSR count). The SMILES string of the molecule is CS(=O)(=O)C1CCCCN1CCC1CCCCC(=O)N1. The van der Waals surface area contributed by atoms with Crippen LogP contribution in [0.3, 0.4) is 0 Å². The summed E-state index contributed by atoms with van der Waals surface area (Å²) in [7, 11) is -3.01. The lowest BCUT2D eigenvalue weighted by Gasteiger charge is -2.35. The van der Waals surface area contributed by atoms with E-state index < -0.39 is 9.84 Å². The Bertz CT molecular complexity index is 436. The number of carbonyl (C=O) groups is 1. The lowest BCUT2D eigenvalue weighted by Crippen LogP contribution is -2.46. The third kappa shape index (κ3) is 4.45. The fourth-order valence-corrected chi connectivity index (χ4v) is 4.63. The molecule has 2 heterocycles. The summed E-state index contributed by atoms with van der Waals surface area (Å²) < 4.78 is 23.7. The maximum atomic E-state index is 11.8. The highest BCUT2D eigenvalue weighted by Gasteiger charge is 2.30. The predicted molar refractivity (Wildman–Crippen MR) is 79.1 cm³/mol. The first-order chi connectivity index (χ1) is 9.47. The average Bonchev–Trinajstić information content (AvgIpc) is 2.60. The molecule has 0 aromatic carbocycles. The van der Waals surface area contributed by atoms with Crippen LogP contribution in [0.15, 0.2) is 0 Å². The highest BCUT2D eigenvalue weighted by atomic mass is 32.2. The van der Waals surface area contributed by atoms with E-state index in [-0.39, 0.29) is 17.3 Å². The predicted octanol–water partition coefficient (Wildman–Crippen LogP) is 1.29. The summed E-state index contributed by atoms with van der Waals surface area (Å²) in [5, 5.41) is 2.74. The van der Waals surface area contributed by atoms with E-state index in [0.29, 0.717) is 6.42 Å². The van der Waals surface area contributed by atoms with Gasteiger partial charge in [-0.15, -0.1) is 0 Å². The maximum absolute atomic E-state index is 11.8. The quantitative estimate of drug-likeness (QED) is 0.850. The molecule has 2 aliphatic heterocycles. The number of likely N-dealkylation sites (tertiary alicyclic amines) is 1. The zero-order valence-electron chi connectivity index (χ0n) is 12.3. The number of nitrogens with zero attached hydrogens (tertiary/aromatic N) is 1. The van der Waals surface area contributed by atoms with E-state index >= 15 is 0 Å². The standard InChI is InChI=1S/C14H26N2O3S/c1-20(18,19)14-8-4-5-10-16(14)11-9-12-6-2-3-7-13(17)15-12/h12,14H,2-11H2,1H3,(H,15,17). The molecule has 0 aromatic heterocycles. The van der Waals surface area contributed by atoms with Crippen LogP contribution in [0.2, 0.25) is 0 Å². The third-order valence-electron chi connectivity index (χ3n) is 4.38. The van der Waals surface area contributed by atoms with Gasteiger partial charge >= 0.3 is 0 Å². The van der Waals surface area contributed by atoms with Crippen molar-refractivity contribution >= 4 is 15.7 Å². The molecule has 1 N–H and O–H groups in total. The first-order valence-electron chi connectivity index (χ1n) is 7.69. The van der Waals surface area contributed by atoms with E-state index in [1.54, 1.807) is 0 Å². The summed E-state index contributed by atoms with van der Waals surface area (Å²) in [6.07, 6.45) is 8.71. The smallest absolute Gasteiger partial charge is 0.220 e. The lowest BCUT2D eigenvalue weighted by molar-refractivity contribution is -0.121. The second-order valence-corrected chi connectivity index (χ2v) is 8.32. The topological polar surface area (TPSA) is 66.5 Å². The molecule has 0 radical (unpaired) electrons. The Morgan fingerprint density at radius 2 is 1.95 bits per heavy atom. The molecular weight excluding hydrogens is 276 g/mol. The van der Waals surface area contributed by atoms with E-state index in [1.165, 1.54) is 6.26 Å². The number of rotatable bonds is 4. The summed E-state index contributed by atoms with van der Waals surface area (Å²) in [5.74, 6) is 0.144. The molecule has 2 aliphatic rings. The zero-order valence-corrected chi connectivity index (χ0v) is 13.1. The van der Waals surface area contributed by atoms with Crippen molar-refractivity contribution in [1.29, 1.82) is 0 Å². The summed E-state index contributed by atoms with van der Waals surface area (Å²) in [5.41, 5.74) is 0. The molecule has 0 aliphatic carbocycles. The number of hydrogen-bond acceptors (Lipinski definition) is 4. The van der Waals surface area contributed by atoms with Gasteiger partial charge in [-0.05, 0) is 45.1 Å². The van der Waals surface area contributed by atoms with Crippen molar-refractivity contribution in [3.05, 3.63) is 0 Å². The molecule has 116 valence electrons. The van der Waals surface area contributed by atoms with Gasteiger partial charge in [0.2, 0.25) is 5.91 Å². The third-order valence-corrected chi connectivity index (χ3v) is 5.91. The number of amides is 1. The number of carbonyl (C=O) groups excluding carboxylic acids is 1. The van der Waals surface area contributed by atoms with Crippen LogP contribution < -0.4 is 5.32 Å². The van der Waals surface area contributed by atoms with Crippen LogP contribution in [0.25, 0.3) is 0 Å². The Labute approximate surface area is 122 Å². The Kier molecular flexibility index (Phi) is 5.43. The summed E-state index contributed by atoms with van der Waals surface area (Å²) in [4.78, 5) is 13.6. The van der Waals surface area contributed by atoms with Crippen molar-refractivity contribution in [2.75, 3.05) is 19.3 Å². The van der Waals surface area contributed by atoms with E-state index in [4.69, 9.17) is 0 Å². The van der Waals surface area contributed by atoms with Gasteiger partial charge in [0.15, 0.2) is 9.84 Å². The minimum absolute atomic E-state index is 0.144. The van der Waals surface area contributed by atoms with Crippen molar-refractivity contribution < 1.29 is 13.2 Å². The Hall–Kier alpha value is -0.620. The van der Waals surface area contributed by atoms with Gasteiger partial charge in [0.25, 0.3) is 0 Å². The van der Waals surface area contributed by atoms with E-state index in [9.17, 15) is 13.2 Å². The van der Waals surface area contributed by atoms with Crippen LogP contribution in [0.1, 0.15) is 51.4 Å². The van der Waals surface area contributed by atoms with Crippen molar-refractivity contribution in [3.8, 4) is 0 Å². The summed E-state index contributed by atoms with van der Waals surface area (Å²) in [6, 6.07) is 0.215. The fourth-order valence-electron chi connectivity index (χ4n) is 3.29. The minimum atomic E-state index is -3.01. The summed E-state index contributed by atoms with van der Waals surface area (Å²) >= 11 is 0.